The summed E-state index contributed by atoms with van der Waals surface area (Å²) >= 11 is 1.20. The lowest BCUT2D eigenvalue weighted by Gasteiger charge is -2.02. The van der Waals surface area contributed by atoms with Crippen molar-refractivity contribution < 1.29 is 14.0 Å². The third kappa shape index (κ3) is 3.83. The summed E-state index contributed by atoms with van der Waals surface area (Å²) in [7, 11) is 0. The zero-order chi connectivity index (χ0) is 17.1. The third-order valence-electron chi connectivity index (χ3n) is 3.55. The lowest BCUT2D eigenvalue weighted by atomic mass is 10.1. The van der Waals surface area contributed by atoms with Gasteiger partial charge in [0.1, 0.15) is 5.82 Å². The number of nitrogens with zero attached hydrogens (tertiary/aromatic N) is 1. The van der Waals surface area contributed by atoms with Crippen LogP contribution in [0.4, 0.5) is 9.52 Å². The predicted octanol–water partition coefficient (Wildman–Crippen LogP) is 4.35. The number of hydrogen-bond acceptors (Lipinski definition) is 4. The number of aryl methyl sites for hydroxylation is 1. The quantitative estimate of drug-likeness (QED) is 0.702. The van der Waals surface area contributed by atoms with E-state index in [2.05, 4.69) is 10.3 Å². The average Bonchev–Trinajstić information content (AvgIpc) is 2.94. The predicted molar refractivity (Wildman–Crippen MR) is 93.0 cm³/mol. The van der Waals surface area contributed by atoms with Crippen molar-refractivity contribution in [3.8, 4) is 0 Å². The number of amides is 1. The number of rotatable bonds is 5. The average molecular weight is 342 g/mol. The molecule has 0 saturated carbocycles. The molecule has 1 heterocycles. The van der Waals surface area contributed by atoms with Crippen molar-refractivity contribution in [2.75, 3.05) is 5.32 Å². The number of Topliss-reactive ketones (excluding diaryl/α,β-unsaturated/α-hetero) is 1. The van der Waals surface area contributed by atoms with E-state index in [9.17, 15) is 14.0 Å². The molecular weight excluding hydrogens is 327 g/mol. The molecule has 0 unspecified atom stereocenters. The van der Waals surface area contributed by atoms with Crippen molar-refractivity contribution in [1.29, 1.82) is 0 Å². The summed E-state index contributed by atoms with van der Waals surface area (Å²) in [6, 6.07) is 11.5. The Bertz CT molecular complexity index is 903. The minimum atomic E-state index is -0.340. The topological polar surface area (TPSA) is 59.1 Å². The van der Waals surface area contributed by atoms with Gasteiger partial charge >= 0.3 is 0 Å². The minimum absolute atomic E-state index is 0.0727. The fourth-order valence-corrected chi connectivity index (χ4v) is 3.15. The van der Waals surface area contributed by atoms with E-state index >= 15 is 0 Å². The maximum atomic E-state index is 13.2. The Morgan fingerprint density at radius 1 is 1.12 bits per heavy atom. The summed E-state index contributed by atoms with van der Waals surface area (Å²) in [5, 5.41) is 3.07. The summed E-state index contributed by atoms with van der Waals surface area (Å²) in [4.78, 5) is 28.3. The molecule has 1 N–H and O–H groups in total. The van der Waals surface area contributed by atoms with Gasteiger partial charge in [-0.05, 0) is 25.1 Å². The van der Waals surface area contributed by atoms with E-state index in [-0.39, 0.29) is 30.3 Å². The summed E-state index contributed by atoms with van der Waals surface area (Å²) in [5.41, 5.74) is 2.31. The summed E-state index contributed by atoms with van der Waals surface area (Å²) < 4.78 is 13.8. The van der Waals surface area contributed by atoms with Gasteiger partial charge in [0.05, 0.1) is 10.2 Å². The Hall–Kier alpha value is -2.60. The highest BCUT2D eigenvalue weighted by atomic mass is 32.1. The Labute approximate surface area is 142 Å². The number of thiazole rings is 1. The molecule has 1 aromatic heterocycles. The van der Waals surface area contributed by atoms with Gasteiger partial charge in [0, 0.05) is 18.4 Å². The molecule has 122 valence electrons. The molecule has 3 rings (SSSR count). The second-order valence-corrected chi connectivity index (χ2v) is 6.50. The Morgan fingerprint density at radius 2 is 1.88 bits per heavy atom. The number of nitrogens with one attached hydrogen (secondary N) is 1. The van der Waals surface area contributed by atoms with Gasteiger partial charge in [-0.25, -0.2) is 9.37 Å². The number of benzene rings is 2. The van der Waals surface area contributed by atoms with Gasteiger partial charge in [0.15, 0.2) is 10.9 Å². The van der Waals surface area contributed by atoms with E-state index in [0.717, 1.165) is 5.56 Å². The zero-order valence-corrected chi connectivity index (χ0v) is 13.8. The first-order valence-electron chi connectivity index (χ1n) is 7.47. The monoisotopic (exact) mass is 342 g/mol. The molecule has 0 fully saturated rings. The molecule has 2 aromatic carbocycles. The smallest absolute Gasteiger partial charge is 0.226 e. The van der Waals surface area contributed by atoms with Crippen LogP contribution in [0.5, 0.6) is 0 Å². The molecule has 4 nitrogen and oxygen atoms in total. The summed E-state index contributed by atoms with van der Waals surface area (Å²) in [6.45, 7) is 1.95. The van der Waals surface area contributed by atoms with Gasteiger partial charge in [-0.2, -0.15) is 0 Å². The molecule has 1 amide bonds. The standard InChI is InChI=1S/C18H15FN2O2S/c1-11-2-4-12(5-3-11)15(22)8-9-17(23)21-18-20-14-7-6-13(19)10-16(14)24-18/h2-7,10H,8-9H2,1H3,(H,20,21,23). The van der Waals surface area contributed by atoms with Gasteiger partial charge in [-0.15, -0.1) is 0 Å². The van der Waals surface area contributed by atoms with Crippen molar-refractivity contribution in [3.05, 3.63) is 59.4 Å². The fraction of sp³-hybridized carbons (Fsp3) is 0.167. The van der Waals surface area contributed by atoms with Crippen molar-refractivity contribution in [1.82, 2.24) is 4.98 Å². The van der Waals surface area contributed by atoms with E-state index in [1.165, 1.54) is 23.5 Å². The molecule has 0 aliphatic heterocycles. The van der Waals surface area contributed by atoms with Crippen molar-refractivity contribution in [2.45, 2.75) is 19.8 Å². The first-order chi connectivity index (χ1) is 11.5. The molecule has 0 bridgehead atoms. The number of ketones is 1. The first-order valence-corrected chi connectivity index (χ1v) is 8.29. The highest BCUT2D eigenvalue weighted by Crippen LogP contribution is 2.26. The number of carbonyl (C=O) groups is 2. The van der Waals surface area contributed by atoms with Crippen LogP contribution in [0.3, 0.4) is 0 Å². The SMILES string of the molecule is Cc1ccc(C(=O)CCC(=O)Nc2nc3ccc(F)cc3s2)cc1. The van der Waals surface area contributed by atoms with Crippen molar-refractivity contribution in [3.63, 3.8) is 0 Å². The second-order valence-electron chi connectivity index (χ2n) is 5.47. The van der Waals surface area contributed by atoms with Crippen LogP contribution in [0, 0.1) is 12.7 Å². The molecule has 6 heteroatoms. The van der Waals surface area contributed by atoms with Crippen LogP contribution in [-0.2, 0) is 4.79 Å². The van der Waals surface area contributed by atoms with Gasteiger partial charge in [0.25, 0.3) is 0 Å². The zero-order valence-electron chi connectivity index (χ0n) is 13.0. The molecular formula is C18H15FN2O2S. The Morgan fingerprint density at radius 3 is 2.62 bits per heavy atom. The van der Waals surface area contributed by atoms with Gasteiger partial charge < -0.3 is 5.32 Å². The molecule has 0 atom stereocenters. The molecule has 0 spiro atoms. The van der Waals surface area contributed by atoms with Crippen LogP contribution in [-0.4, -0.2) is 16.7 Å². The highest BCUT2D eigenvalue weighted by Gasteiger charge is 2.12. The van der Waals surface area contributed by atoms with Crippen LogP contribution in [0.15, 0.2) is 42.5 Å². The fourth-order valence-electron chi connectivity index (χ4n) is 2.24. The Balaban J connectivity index is 1.58. The van der Waals surface area contributed by atoms with Crippen molar-refractivity contribution >= 4 is 38.4 Å². The number of anilines is 1. The van der Waals surface area contributed by atoms with E-state index in [1.807, 2.05) is 19.1 Å². The number of fused-ring (bicyclic) bond motifs is 1. The molecule has 0 aliphatic carbocycles. The molecule has 0 saturated heterocycles. The maximum absolute atomic E-state index is 13.2. The van der Waals surface area contributed by atoms with E-state index in [1.54, 1.807) is 18.2 Å². The summed E-state index contributed by atoms with van der Waals surface area (Å²) in [5.74, 6) is -0.695. The Kier molecular flexibility index (Phi) is 4.66. The maximum Gasteiger partial charge on any atom is 0.226 e. The molecule has 3 aromatic rings. The van der Waals surface area contributed by atoms with Gasteiger partial charge in [-0.1, -0.05) is 41.2 Å². The number of halogens is 1. The molecule has 24 heavy (non-hydrogen) atoms. The first kappa shape index (κ1) is 16.3. The number of aromatic nitrogens is 1. The lowest BCUT2D eigenvalue weighted by Crippen LogP contribution is -2.13. The highest BCUT2D eigenvalue weighted by molar-refractivity contribution is 7.22. The van der Waals surface area contributed by atoms with Crippen LogP contribution in [0.25, 0.3) is 10.2 Å². The minimum Gasteiger partial charge on any atom is -0.302 e. The van der Waals surface area contributed by atoms with Crippen LogP contribution in [0.2, 0.25) is 0 Å². The number of hydrogen-bond donors (Lipinski definition) is 1. The molecule has 0 aliphatic rings. The normalized spacial score (nSPS) is 10.8. The second kappa shape index (κ2) is 6.88. The third-order valence-corrected chi connectivity index (χ3v) is 4.48. The van der Waals surface area contributed by atoms with E-state index < -0.39 is 0 Å². The lowest BCUT2D eigenvalue weighted by molar-refractivity contribution is -0.116. The number of carbonyl (C=O) groups excluding carboxylic acids is 2. The van der Waals surface area contributed by atoms with Crippen LogP contribution < -0.4 is 5.32 Å². The van der Waals surface area contributed by atoms with Crippen molar-refractivity contribution in [2.24, 2.45) is 0 Å². The molecule has 0 radical (unpaired) electrons. The van der Waals surface area contributed by atoms with Gasteiger partial charge in [0.2, 0.25) is 5.91 Å². The largest absolute Gasteiger partial charge is 0.302 e. The van der Waals surface area contributed by atoms with E-state index in [4.69, 9.17) is 0 Å². The van der Waals surface area contributed by atoms with E-state index in [0.29, 0.717) is 20.9 Å². The summed E-state index contributed by atoms with van der Waals surface area (Å²) in [6.07, 6.45) is 0.214. The van der Waals surface area contributed by atoms with Crippen LogP contribution in [0.1, 0.15) is 28.8 Å². The van der Waals surface area contributed by atoms with Crippen LogP contribution >= 0.6 is 11.3 Å². The van der Waals surface area contributed by atoms with Gasteiger partial charge in [-0.3, -0.25) is 9.59 Å².